The molecule has 0 bridgehead atoms. The first-order valence-electron chi connectivity index (χ1n) is 6.43. The molecule has 0 amide bonds. The molecule has 1 N–H and O–H groups in total. The van der Waals surface area contributed by atoms with Crippen LogP contribution < -0.4 is 5.32 Å². The van der Waals surface area contributed by atoms with Crippen molar-refractivity contribution in [2.24, 2.45) is 0 Å². The first-order chi connectivity index (χ1) is 10.6. The maximum absolute atomic E-state index is 10.7. The molecular formula is C16H12ClN3O2. The van der Waals surface area contributed by atoms with Crippen molar-refractivity contribution < 1.29 is 4.92 Å². The topological polar surface area (TPSA) is 79.0 Å². The smallest absolute Gasteiger partial charge is 0.269 e. The van der Waals surface area contributed by atoms with E-state index in [4.69, 9.17) is 16.9 Å². The number of nitrogens with zero attached hydrogens (tertiary/aromatic N) is 2. The number of hydrogen-bond acceptors (Lipinski definition) is 4. The number of allylic oxidation sites excluding steroid dienone is 1. The van der Waals surface area contributed by atoms with E-state index in [0.29, 0.717) is 22.8 Å². The standard InChI is InChI=1S/C16H12ClN3O2/c17-14-5-1-12(2-6-14)11-19-16(9-10-18)13-3-7-15(8-4-13)20(21)22/h1-9,19H,11H2. The van der Waals surface area contributed by atoms with Gasteiger partial charge < -0.3 is 5.32 Å². The van der Waals surface area contributed by atoms with E-state index in [2.05, 4.69) is 5.32 Å². The van der Waals surface area contributed by atoms with Crippen LogP contribution in [0.5, 0.6) is 0 Å². The van der Waals surface area contributed by atoms with Gasteiger partial charge in [0.05, 0.1) is 16.7 Å². The average molecular weight is 314 g/mol. The molecule has 0 radical (unpaired) electrons. The quantitative estimate of drug-likeness (QED) is 0.516. The van der Waals surface area contributed by atoms with Gasteiger partial charge in [-0.2, -0.15) is 5.26 Å². The molecule has 5 nitrogen and oxygen atoms in total. The maximum Gasteiger partial charge on any atom is 0.269 e. The normalized spacial score (nSPS) is 10.8. The SMILES string of the molecule is N#CC=C(NCc1ccc(Cl)cc1)c1ccc([N+](=O)[O-])cc1. The molecule has 0 unspecified atom stereocenters. The van der Waals surface area contributed by atoms with Gasteiger partial charge in [0, 0.05) is 29.8 Å². The number of nitro benzene ring substituents is 1. The average Bonchev–Trinajstić information content (AvgIpc) is 2.53. The summed E-state index contributed by atoms with van der Waals surface area (Å²) in [6.45, 7) is 0.516. The molecule has 0 aliphatic carbocycles. The predicted octanol–water partition coefficient (Wildman–Crippen LogP) is 3.90. The van der Waals surface area contributed by atoms with E-state index in [-0.39, 0.29) is 5.69 Å². The molecule has 22 heavy (non-hydrogen) atoms. The molecule has 0 heterocycles. The molecule has 0 aliphatic heterocycles. The number of halogens is 1. The summed E-state index contributed by atoms with van der Waals surface area (Å²) in [7, 11) is 0. The molecule has 6 heteroatoms. The van der Waals surface area contributed by atoms with Gasteiger partial charge in [0.25, 0.3) is 5.69 Å². The number of hydrogen-bond donors (Lipinski definition) is 1. The van der Waals surface area contributed by atoms with Crippen molar-refractivity contribution in [3.8, 4) is 6.07 Å². The highest BCUT2D eigenvalue weighted by atomic mass is 35.5. The van der Waals surface area contributed by atoms with E-state index in [1.807, 2.05) is 18.2 Å². The van der Waals surface area contributed by atoms with Gasteiger partial charge in [0.15, 0.2) is 0 Å². The summed E-state index contributed by atoms with van der Waals surface area (Å²) in [6.07, 6.45) is 1.37. The van der Waals surface area contributed by atoms with Crippen LogP contribution in [0.25, 0.3) is 5.70 Å². The zero-order chi connectivity index (χ0) is 15.9. The molecule has 110 valence electrons. The van der Waals surface area contributed by atoms with Crippen LogP contribution in [0.15, 0.2) is 54.6 Å². The Hall–Kier alpha value is -2.84. The third-order valence-corrected chi connectivity index (χ3v) is 3.25. The summed E-state index contributed by atoms with van der Waals surface area (Å²) in [5.74, 6) is 0. The van der Waals surface area contributed by atoms with E-state index in [0.717, 1.165) is 5.56 Å². The van der Waals surface area contributed by atoms with Crippen molar-refractivity contribution in [3.05, 3.63) is 80.9 Å². The predicted molar refractivity (Wildman–Crippen MR) is 85.0 cm³/mol. The van der Waals surface area contributed by atoms with Crippen LogP contribution in [0.1, 0.15) is 11.1 Å². The fourth-order valence-corrected chi connectivity index (χ4v) is 1.99. The monoisotopic (exact) mass is 313 g/mol. The van der Waals surface area contributed by atoms with Gasteiger partial charge in [-0.05, 0) is 35.4 Å². The molecule has 2 rings (SSSR count). The minimum Gasteiger partial charge on any atom is -0.380 e. The summed E-state index contributed by atoms with van der Waals surface area (Å²) in [5.41, 5.74) is 2.33. The first kappa shape index (κ1) is 15.5. The van der Waals surface area contributed by atoms with E-state index < -0.39 is 4.92 Å². The Labute approximate surface area is 132 Å². The molecule has 0 saturated carbocycles. The molecule has 2 aromatic rings. The number of non-ortho nitro benzene ring substituents is 1. The summed E-state index contributed by atoms with van der Waals surface area (Å²) in [4.78, 5) is 10.2. The largest absolute Gasteiger partial charge is 0.380 e. The van der Waals surface area contributed by atoms with Gasteiger partial charge in [-0.15, -0.1) is 0 Å². The first-order valence-corrected chi connectivity index (χ1v) is 6.81. The molecule has 0 spiro atoms. The maximum atomic E-state index is 10.7. The Bertz CT molecular complexity index is 731. The van der Waals surface area contributed by atoms with Crippen LogP contribution >= 0.6 is 11.6 Å². The Morgan fingerprint density at radius 1 is 1.23 bits per heavy atom. The lowest BCUT2D eigenvalue weighted by molar-refractivity contribution is -0.384. The Morgan fingerprint density at radius 2 is 1.86 bits per heavy atom. The van der Waals surface area contributed by atoms with Gasteiger partial charge in [0.1, 0.15) is 0 Å². The van der Waals surface area contributed by atoms with E-state index in [9.17, 15) is 10.1 Å². The third-order valence-electron chi connectivity index (χ3n) is 2.99. The minimum atomic E-state index is -0.460. The number of nitro groups is 1. The lowest BCUT2D eigenvalue weighted by Gasteiger charge is -2.10. The zero-order valence-electron chi connectivity index (χ0n) is 11.5. The van der Waals surface area contributed by atoms with Crippen molar-refractivity contribution in [3.63, 3.8) is 0 Å². The van der Waals surface area contributed by atoms with Crippen LogP contribution in [-0.2, 0) is 6.54 Å². The molecular weight excluding hydrogens is 302 g/mol. The second kappa shape index (κ2) is 7.25. The summed E-state index contributed by atoms with van der Waals surface area (Å²) >= 11 is 5.83. The highest BCUT2D eigenvalue weighted by molar-refractivity contribution is 6.30. The number of rotatable bonds is 5. The zero-order valence-corrected chi connectivity index (χ0v) is 12.2. The second-order valence-electron chi connectivity index (χ2n) is 4.47. The van der Waals surface area contributed by atoms with Crippen LogP contribution in [0.2, 0.25) is 5.02 Å². The summed E-state index contributed by atoms with van der Waals surface area (Å²) in [6, 6.07) is 15.3. The van der Waals surface area contributed by atoms with Crippen LogP contribution in [0, 0.1) is 21.4 Å². The minimum absolute atomic E-state index is 0.0118. The van der Waals surface area contributed by atoms with Crippen molar-refractivity contribution in [2.45, 2.75) is 6.54 Å². The molecule has 0 saturated heterocycles. The third kappa shape index (κ3) is 4.08. The van der Waals surface area contributed by atoms with E-state index >= 15 is 0 Å². The van der Waals surface area contributed by atoms with Gasteiger partial charge in [0.2, 0.25) is 0 Å². The highest BCUT2D eigenvalue weighted by Gasteiger charge is 2.07. The Morgan fingerprint density at radius 3 is 2.41 bits per heavy atom. The fraction of sp³-hybridized carbons (Fsp3) is 0.0625. The number of benzene rings is 2. The molecule has 0 fully saturated rings. The van der Waals surface area contributed by atoms with Crippen molar-refractivity contribution in [2.75, 3.05) is 0 Å². The van der Waals surface area contributed by atoms with Gasteiger partial charge in [-0.1, -0.05) is 23.7 Å². The van der Waals surface area contributed by atoms with Gasteiger partial charge in [-0.3, -0.25) is 10.1 Å². The molecule has 0 aromatic heterocycles. The molecule has 0 aliphatic rings. The van der Waals surface area contributed by atoms with Crippen molar-refractivity contribution >= 4 is 23.0 Å². The Kier molecular flexibility index (Phi) is 5.12. The lowest BCUT2D eigenvalue weighted by atomic mass is 10.1. The fourth-order valence-electron chi connectivity index (χ4n) is 1.86. The Balaban J connectivity index is 2.13. The second-order valence-corrected chi connectivity index (χ2v) is 4.91. The van der Waals surface area contributed by atoms with Gasteiger partial charge >= 0.3 is 0 Å². The van der Waals surface area contributed by atoms with Crippen LogP contribution in [0.4, 0.5) is 5.69 Å². The highest BCUT2D eigenvalue weighted by Crippen LogP contribution is 2.18. The summed E-state index contributed by atoms with van der Waals surface area (Å²) in [5, 5.41) is 23.3. The van der Waals surface area contributed by atoms with E-state index in [1.165, 1.54) is 18.2 Å². The van der Waals surface area contributed by atoms with Gasteiger partial charge in [-0.25, -0.2) is 0 Å². The summed E-state index contributed by atoms with van der Waals surface area (Å²) < 4.78 is 0. The molecule has 0 atom stereocenters. The van der Waals surface area contributed by atoms with Crippen LogP contribution in [0.3, 0.4) is 0 Å². The van der Waals surface area contributed by atoms with Crippen molar-refractivity contribution in [1.82, 2.24) is 5.32 Å². The van der Waals surface area contributed by atoms with Crippen LogP contribution in [-0.4, -0.2) is 4.92 Å². The number of nitrogens with one attached hydrogen (secondary N) is 1. The lowest BCUT2D eigenvalue weighted by Crippen LogP contribution is -2.11. The number of nitriles is 1. The van der Waals surface area contributed by atoms with Crippen molar-refractivity contribution in [1.29, 1.82) is 5.26 Å². The molecule has 2 aromatic carbocycles. The van der Waals surface area contributed by atoms with E-state index in [1.54, 1.807) is 24.3 Å².